The van der Waals surface area contributed by atoms with Crippen molar-refractivity contribution in [2.24, 2.45) is 11.7 Å². The van der Waals surface area contributed by atoms with Gasteiger partial charge in [0.1, 0.15) is 30.4 Å². The van der Waals surface area contributed by atoms with Crippen molar-refractivity contribution in [2.45, 2.75) is 58.3 Å². The van der Waals surface area contributed by atoms with Crippen molar-refractivity contribution in [2.75, 3.05) is 6.54 Å². The van der Waals surface area contributed by atoms with Crippen LogP contribution in [0.5, 0.6) is 5.75 Å². The highest BCUT2D eigenvalue weighted by Gasteiger charge is 2.29. The van der Waals surface area contributed by atoms with Crippen LogP contribution in [0.2, 0.25) is 0 Å². The summed E-state index contributed by atoms with van der Waals surface area (Å²) in [5.41, 5.74) is 6.70. The molecule has 4 unspecified atom stereocenters. The van der Waals surface area contributed by atoms with Crippen LogP contribution < -0.4 is 27.0 Å². The van der Waals surface area contributed by atoms with Crippen LogP contribution in [0.25, 0.3) is 0 Å². The van der Waals surface area contributed by atoms with E-state index in [1.54, 1.807) is 26.0 Å². The van der Waals surface area contributed by atoms with E-state index in [9.17, 15) is 29.1 Å². The Labute approximate surface area is 197 Å². The van der Waals surface area contributed by atoms with E-state index in [0.717, 1.165) is 5.56 Å². The van der Waals surface area contributed by atoms with Crippen LogP contribution >= 0.6 is 0 Å². The molecule has 0 saturated carbocycles. The molecule has 1 aromatic rings. The number of amides is 4. The molecule has 0 aliphatic rings. The number of carbonyl (C=O) groups is 5. The second kappa shape index (κ2) is 13.1. The molecule has 0 saturated heterocycles. The van der Waals surface area contributed by atoms with Crippen molar-refractivity contribution in [3.05, 3.63) is 29.8 Å². The fourth-order valence-corrected chi connectivity index (χ4v) is 2.86. The van der Waals surface area contributed by atoms with Crippen molar-refractivity contribution in [3.8, 4) is 5.75 Å². The first-order chi connectivity index (χ1) is 15.8. The molecule has 0 aliphatic carbocycles. The Morgan fingerprint density at radius 3 is 1.88 bits per heavy atom. The third-order valence-corrected chi connectivity index (χ3v) is 4.89. The molecule has 4 atom stereocenters. The summed E-state index contributed by atoms with van der Waals surface area (Å²) >= 11 is 0. The van der Waals surface area contributed by atoms with E-state index in [2.05, 4.69) is 21.3 Å². The molecule has 1 rings (SSSR count). The van der Waals surface area contributed by atoms with E-state index in [0.29, 0.717) is 0 Å². The number of carboxylic acid groups (broad SMARTS) is 1. The lowest BCUT2D eigenvalue weighted by atomic mass is 10.0. The van der Waals surface area contributed by atoms with Crippen LogP contribution in [0.15, 0.2) is 24.3 Å². The number of carbonyl (C=O) groups excluding carboxylic acids is 4. The second-order valence-electron chi connectivity index (χ2n) is 8.28. The largest absolute Gasteiger partial charge is 0.508 e. The summed E-state index contributed by atoms with van der Waals surface area (Å²) in [6, 6.07) is 2.27. The molecule has 0 fully saturated rings. The molecule has 0 aliphatic heterocycles. The lowest BCUT2D eigenvalue weighted by molar-refractivity contribution is -0.138. The van der Waals surface area contributed by atoms with E-state index in [1.165, 1.54) is 26.0 Å². The Morgan fingerprint density at radius 2 is 1.35 bits per heavy atom. The van der Waals surface area contributed by atoms with Gasteiger partial charge in [0.15, 0.2) is 0 Å². The summed E-state index contributed by atoms with van der Waals surface area (Å²) in [5, 5.41) is 27.6. The Kier molecular flexibility index (Phi) is 11.0. The van der Waals surface area contributed by atoms with Crippen molar-refractivity contribution < 1.29 is 34.2 Å². The van der Waals surface area contributed by atoms with Crippen molar-refractivity contribution in [3.63, 3.8) is 0 Å². The molecule has 0 aromatic heterocycles. The number of aliphatic carboxylic acids is 1. The van der Waals surface area contributed by atoms with E-state index in [-0.39, 0.29) is 18.1 Å². The summed E-state index contributed by atoms with van der Waals surface area (Å²) in [7, 11) is 0. The number of rotatable bonds is 12. The third-order valence-electron chi connectivity index (χ3n) is 4.89. The molecule has 1 aromatic carbocycles. The van der Waals surface area contributed by atoms with Gasteiger partial charge in [0.25, 0.3) is 0 Å². The van der Waals surface area contributed by atoms with Gasteiger partial charge in [-0.3, -0.25) is 24.0 Å². The van der Waals surface area contributed by atoms with Crippen LogP contribution in [0.4, 0.5) is 0 Å². The number of phenols is 1. The Bertz CT molecular complexity index is 888. The molecule has 4 amide bonds. The van der Waals surface area contributed by atoms with Crippen LogP contribution in [-0.2, 0) is 30.4 Å². The lowest BCUT2D eigenvalue weighted by Gasteiger charge is -2.25. The molecule has 12 heteroatoms. The zero-order valence-corrected chi connectivity index (χ0v) is 19.6. The van der Waals surface area contributed by atoms with Gasteiger partial charge in [-0.05, 0) is 43.9 Å². The summed E-state index contributed by atoms with van der Waals surface area (Å²) in [6.07, 6.45) is 0.194. The fraction of sp³-hybridized carbons (Fsp3) is 0.500. The van der Waals surface area contributed by atoms with Crippen molar-refractivity contribution >= 4 is 29.6 Å². The van der Waals surface area contributed by atoms with E-state index < -0.39 is 60.3 Å². The molecule has 8 N–H and O–H groups in total. The number of hydrogen-bond donors (Lipinski definition) is 7. The molecular weight excluding hydrogens is 446 g/mol. The van der Waals surface area contributed by atoms with Gasteiger partial charge >= 0.3 is 5.97 Å². The topological polar surface area (TPSA) is 200 Å². The Morgan fingerprint density at radius 1 is 0.824 bits per heavy atom. The van der Waals surface area contributed by atoms with Gasteiger partial charge in [0.05, 0.1) is 6.04 Å². The van der Waals surface area contributed by atoms with Gasteiger partial charge in [-0.2, -0.15) is 0 Å². The molecule has 0 heterocycles. The first-order valence-electron chi connectivity index (χ1n) is 10.8. The number of carboxylic acids is 1. The van der Waals surface area contributed by atoms with E-state index in [1.807, 2.05) is 0 Å². The Balaban J connectivity index is 2.66. The second-order valence-corrected chi connectivity index (χ2v) is 8.28. The zero-order valence-electron chi connectivity index (χ0n) is 19.6. The van der Waals surface area contributed by atoms with Gasteiger partial charge in [-0.1, -0.05) is 26.0 Å². The molecule has 0 radical (unpaired) electrons. The van der Waals surface area contributed by atoms with Crippen LogP contribution in [0, 0.1) is 5.92 Å². The molecular formula is C22H33N5O7. The SMILES string of the molecule is CC(NC(=O)C(C)NC(=O)C(NC(=O)C(N)Cc1ccc(O)cc1)C(C)C)C(=O)NCC(=O)O. The fourth-order valence-electron chi connectivity index (χ4n) is 2.86. The lowest BCUT2D eigenvalue weighted by Crippen LogP contribution is -2.58. The number of aromatic hydroxyl groups is 1. The first-order valence-corrected chi connectivity index (χ1v) is 10.8. The number of nitrogens with two attached hydrogens (primary N) is 1. The highest BCUT2D eigenvalue weighted by Crippen LogP contribution is 2.11. The summed E-state index contributed by atoms with van der Waals surface area (Å²) in [5.74, 6) is -3.97. The normalized spacial score (nSPS) is 14.3. The standard InChI is InChI=1S/C22H33N5O7/c1-11(2)18(27-21(33)16(23)9-14-5-7-15(28)8-6-14)22(34)26-13(4)20(32)25-12(3)19(31)24-10-17(29)30/h5-8,11-13,16,18,28H,9-10,23H2,1-4H3,(H,24,31)(H,25,32)(H,26,34)(H,27,33)(H,29,30). The molecule has 34 heavy (non-hydrogen) atoms. The minimum absolute atomic E-state index is 0.0896. The summed E-state index contributed by atoms with van der Waals surface area (Å²) in [6.45, 7) is 5.63. The van der Waals surface area contributed by atoms with Crippen LogP contribution in [0.3, 0.4) is 0 Å². The number of benzene rings is 1. The Hall–Kier alpha value is -3.67. The zero-order chi connectivity index (χ0) is 26.0. The van der Waals surface area contributed by atoms with Gasteiger partial charge in [-0.15, -0.1) is 0 Å². The van der Waals surface area contributed by atoms with Gasteiger partial charge < -0.3 is 37.2 Å². The maximum Gasteiger partial charge on any atom is 0.322 e. The smallest absolute Gasteiger partial charge is 0.322 e. The van der Waals surface area contributed by atoms with E-state index >= 15 is 0 Å². The molecule has 12 nitrogen and oxygen atoms in total. The quantitative estimate of drug-likeness (QED) is 0.190. The molecule has 0 spiro atoms. The number of nitrogens with one attached hydrogen (secondary N) is 4. The first kappa shape index (κ1) is 28.4. The van der Waals surface area contributed by atoms with Crippen LogP contribution in [0.1, 0.15) is 33.3 Å². The summed E-state index contributed by atoms with van der Waals surface area (Å²) < 4.78 is 0. The highest BCUT2D eigenvalue weighted by molar-refractivity contribution is 5.95. The minimum atomic E-state index is -1.22. The molecule has 0 bridgehead atoms. The predicted molar refractivity (Wildman–Crippen MR) is 122 cm³/mol. The van der Waals surface area contributed by atoms with Crippen LogP contribution in [-0.4, -0.2) is 70.5 Å². The monoisotopic (exact) mass is 479 g/mol. The average molecular weight is 480 g/mol. The van der Waals surface area contributed by atoms with Gasteiger partial charge in [-0.25, -0.2) is 0 Å². The number of hydrogen-bond acceptors (Lipinski definition) is 7. The third kappa shape index (κ3) is 9.45. The average Bonchev–Trinajstić information content (AvgIpc) is 2.76. The van der Waals surface area contributed by atoms with Crippen molar-refractivity contribution in [1.82, 2.24) is 21.3 Å². The van der Waals surface area contributed by atoms with Gasteiger partial charge in [0.2, 0.25) is 23.6 Å². The maximum atomic E-state index is 12.7. The van der Waals surface area contributed by atoms with E-state index in [4.69, 9.17) is 10.8 Å². The maximum absolute atomic E-state index is 12.7. The van der Waals surface area contributed by atoms with Gasteiger partial charge in [0, 0.05) is 0 Å². The highest BCUT2D eigenvalue weighted by atomic mass is 16.4. The number of phenolic OH excluding ortho intramolecular Hbond substituents is 1. The summed E-state index contributed by atoms with van der Waals surface area (Å²) in [4.78, 5) is 60.0. The predicted octanol–water partition coefficient (Wildman–Crippen LogP) is -1.39. The van der Waals surface area contributed by atoms with Crippen molar-refractivity contribution in [1.29, 1.82) is 0 Å². The minimum Gasteiger partial charge on any atom is -0.508 e. The molecule has 188 valence electrons.